The van der Waals surface area contributed by atoms with Crippen molar-refractivity contribution < 1.29 is 0 Å². The highest BCUT2D eigenvalue weighted by molar-refractivity contribution is 5.80. The molecule has 3 rings (SSSR count). The van der Waals surface area contributed by atoms with Crippen LogP contribution in [0.3, 0.4) is 0 Å². The van der Waals surface area contributed by atoms with Crippen LogP contribution in [0, 0.1) is 0 Å². The number of pyridine rings is 1. The van der Waals surface area contributed by atoms with Gasteiger partial charge in [0.1, 0.15) is 0 Å². The van der Waals surface area contributed by atoms with E-state index < -0.39 is 0 Å². The molecule has 0 atom stereocenters. The summed E-state index contributed by atoms with van der Waals surface area (Å²) in [5.74, 6) is 0.689. The van der Waals surface area contributed by atoms with Crippen LogP contribution in [0.1, 0.15) is 24.5 Å². The normalized spacial score (nSPS) is 17.0. The molecule has 1 saturated carbocycles. The molecule has 0 aromatic carbocycles. The molecule has 2 heterocycles. The number of nitrogens with zero attached hydrogens (tertiary/aromatic N) is 2. The van der Waals surface area contributed by atoms with E-state index in [2.05, 4.69) is 15.2 Å². The van der Waals surface area contributed by atoms with Crippen LogP contribution in [0.5, 0.6) is 0 Å². The van der Waals surface area contributed by atoms with Gasteiger partial charge in [-0.2, -0.15) is 5.10 Å². The zero-order valence-electron chi connectivity index (χ0n) is 6.62. The number of rotatable bonds is 1. The molecule has 0 spiro atoms. The van der Waals surface area contributed by atoms with Crippen LogP contribution in [0.4, 0.5) is 0 Å². The minimum Gasteiger partial charge on any atom is -0.276 e. The Labute approximate surface area is 69.8 Å². The quantitative estimate of drug-likeness (QED) is 0.689. The van der Waals surface area contributed by atoms with Gasteiger partial charge in [0.2, 0.25) is 0 Å². The summed E-state index contributed by atoms with van der Waals surface area (Å²) in [6.07, 6.45) is 6.28. The third-order valence-corrected chi connectivity index (χ3v) is 2.36. The molecule has 3 nitrogen and oxygen atoms in total. The van der Waals surface area contributed by atoms with Crippen molar-refractivity contribution in [1.82, 2.24) is 15.2 Å². The molecule has 1 aliphatic carbocycles. The Kier molecular flexibility index (Phi) is 1.06. The number of aromatic nitrogens is 3. The van der Waals surface area contributed by atoms with Gasteiger partial charge in [-0.05, 0) is 18.9 Å². The fourth-order valence-electron chi connectivity index (χ4n) is 1.56. The van der Waals surface area contributed by atoms with Crippen molar-refractivity contribution in [2.24, 2.45) is 0 Å². The lowest BCUT2D eigenvalue weighted by atomic mass is 10.2. The van der Waals surface area contributed by atoms with Crippen LogP contribution in [-0.4, -0.2) is 15.2 Å². The molecular formula is C9H9N3. The number of H-pyrrole nitrogens is 1. The van der Waals surface area contributed by atoms with Crippen LogP contribution in [-0.2, 0) is 0 Å². The van der Waals surface area contributed by atoms with Gasteiger partial charge in [-0.1, -0.05) is 0 Å². The minimum atomic E-state index is 0.689. The lowest BCUT2D eigenvalue weighted by Gasteiger charge is -1.96. The van der Waals surface area contributed by atoms with Crippen molar-refractivity contribution >= 4 is 10.9 Å². The molecule has 0 unspecified atom stereocenters. The van der Waals surface area contributed by atoms with Gasteiger partial charge in [0.15, 0.2) is 0 Å². The first-order chi connectivity index (χ1) is 5.95. The molecule has 1 fully saturated rings. The molecule has 1 aliphatic rings. The predicted octanol–water partition coefficient (Wildman–Crippen LogP) is 1.84. The van der Waals surface area contributed by atoms with E-state index in [1.165, 1.54) is 23.9 Å². The molecule has 0 bridgehead atoms. The predicted molar refractivity (Wildman–Crippen MR) is 45.9 cm³/mol. The maximum absolute atomic E-state index is 4.37. The summed E-state index contributed by atoms with van der Waals surface area (Å²) in [6.45, 7) is 0. The average molecular weight is 159 g/mol. The van der Waals surface area contributed by atoms with Crippen molar-refractivity contribution in [3.63, 3.8) is 0 Å². The first-order valence-corrected chi connectivity index (χ1v) is 4.23. The lowest BCUT2D eigenvalue weighted by molar-refractivity contribution is 1.02. The van der Waals surface area contributed by atoms with Crippen molar-refractivity contribution in [1.29, 1.82) is 0 Å². The molecule has 2 aromatic rings. The summed E-state index contributed by atoms with van der Waals surface area (Å²) in [5, 5.41) is 8.18. The topological polar surface area (TPSA) is 41.6 Å². The van der Waals surface area contributed by atoms with E-state index in [0.717, 1.165) is 5.52 Å². The number of hydrogen-bond donors (Lipinski definition) is 1. The Bertz CT molecular complexity index is 414. The SMILES string of the molecule is c1cc2cn[nH]c2c(C2CC2)n1. The van der Waals surface area contributed by atoms with Crippen LogP contribution >= 0.6 is 0 Å². The summed E-state index contributed by atoms with van der Waals surface area (Å²) in [7, 11) is 0. The fraction of sp³-hybridized carbons (Fsp3) is 0.333. The zero-order chi connectivity index (χ0) is 7.97. The van der Waals surface area contributed by atoms with Crippen LogP contribution < -0.4 is 0 Å². The minimum absolute atomic E-state index is 0.689. The van der Waals surface area contributed by atoms with E-state index in [9.17, 15) is 0 Å². The monoisotopic (exact) mass is 159 g/mol. The molecule has 0 aliphatic heterocycles. The smallest absolute Gasteiger partial charge is 0.0868 e. The number of hydrogen-bond acceptors (Lipinski definition) is 2. The lowest BCUT2D eigenvalue weighted by Crippen LogP contribution is -1.86. The molecular weight excluding hydrogens is 150 g/mol. The van der Waals surface area contributed by atoms with Gasteiger partial charge in [-0.15, -0.1) is 0 Å². The summed E-state index contributed by atoms with van der Waals surface area (Å²) in [4.78, 5) is 4.37. The van der Waals surface area contributed by atoms with Crippen molar-refractivity contribution in [2.45, 2.75) is 18.8 Å². The van der Waals surface area contributed by atoms with Gasteiger partial charge in [0, 0.05) is 17.5 Å². The molecule has 0 amide bonds. The van der Waals surface area contributed by atoms with Crippen LogP contribution in [0.25, 0.3) is 10.9 Å². The van der Waals surface area contributed by atoms with Gasteiger partial charge >= 0.3 is 0 Å². The molecule has 0 saturated heterocycles. The first kappa shape index (κ1) is 6.17. The number of aromatic amines is 1. The Morgan fingerprint density at radius 2 is 2.33 bits per heavy atom. The number of fused-ring (bicyclic) bond motifs is 1. The third kappa shape index (κ3) is 0.763. The fourth-order valence-corrected chi connectivity index (χ4v) is 1.56. The Balaban J connectivity index is 2.32. The average Bonchev–Trinajstić information content (AvgIpc) is 2.82. The van der Waals surface area contributed by atoms with Crippen molar-refractivity contribution in [3.8, 4) is 0 Å². The molecule has 1 N–H and O–H groups in total. The van der Waals surface area contributed by atoms with E-state index >= 15 is 0 Å². The van der Waals surface area contributed by atoms with Gasteiger partial charge < -0.3 is 0 Å². The van der Waals surface area contributed by atoms with E-state index in [4.69, 9.17) is 0 Å². The Hall–Kier alpha value is -1.38. The summed E-state index contributed by atoms with van der Waals surface area (Å²) < 4.78 is 0. The Morgan fingerprint density at radius 3 is 3.17 bits per heavy atom. The van der Waals surface area contributed by atoms with Gasteiger partial charge in [-0.25, -0.2) is 0 Å². The highest BCUT2D eigenvalue weighted by Crippen LogP contribution is 2.41. The van der Waals surface area contributed by atoms with Crippen molar-refractivity contribution in [3.05, 3.63) is 24.2 Å². The number of nitrogens with one attached hydrogen (secondary N) is 1. The van der Waals surface area contributed by atoms with E-state index in [-0.39, 0.29) is 0 Å². The highest BCUT2D eigenvalue weighted by atomic mass is 15.1. The van der Waals surface area contributed by atoms with E-state index in [0.29, 0.717) is 5.92 Å². The van der Waals surface area contributed by atoms with Gasteiger partial charge in [0.25, 0.3) is 0 Å². The Morgan fingerprint density at radius 1 is 1.42 bits per heavy atom. The first-order valence-electron chi connectivity index (χ1n) is 4.23. The van der Waals surface area contributed by atoms with Crippen LogP contribution in [0.2, 0.25) is 0 Å². The van der Waals surface area contributed by atoms with Gasteiger partial charge in [-0.3, -0.25) is 10.1 Å². The second-order valence-electron chi connectivity index (χ2n) is 3.30. The molecule has 2 aromatic heterocycles. The molecule has 3 heteroatoms. The van der Waals surface area contributed by atoms with E-state index in [1.54, 1.807) is 0 Å². The van der Waals surface area contributed by atoms with Crippen molar-refractivity contribution in [2.75, 3.05) is 0 Å². The second kappa shape index (κ2) is 2.06. The maximum Gasteiger partial charge on any atom is 0.0868 e. The largest absolute Gasteiger partial charge is 0.276 e. The molecule has 12 heavy (non-hydrogen) atoms. The van der Waals surface area contributed by atoms with Crippen LogP contribution in [0.15, 0.2) is 18.5 Å². The highest BCUT2D eigenvalue weighted by Gasteiger charge is 2.27. The summed E-state index contributed by atoms with van der Waals surface area (Å²) in [6, 6.07) is 1.99. The standard InChI is InChI=1S/C9H9N3/c1-2-6(1)8-9-7(3-4-10-8)5-11-12-9/h3-6H,1-2H2,(H,11,12). The maximum atomic E-state index is 4.37. The molecule has 60 valence electrons. The zero-order valence-corrected chi connectivity index (χ0v) is 6.62. The molecule has 0 radical (unpaired) electrons. The van der Waals surface area contributed by atoms with Gasteiger partial charge in [0.05, 0.1) is 17.4 Å². The summed E-state index contributed by atoms with van der Waals surface area (Å²) >= 11 is 0. The van der Waals surface area contributed by atoms with E-state index in [1.807, 2.05) is 18.5 Å². The summed E-state index contributed by atoms with van der Waals surface area (Å²) in [5.41, 5.74) is 2.32. The second-order valence-corrected chi connectivity index (χ2v) is 3.30. The third-order valence-electron chi connectivity index (χ3n) is 2.36.